The molecule has 0 heterocycles. The van der Waals surface area contributed by atoms with Crippen LogP contribution in [0.2, 0.25) is 0 Å². The summed E-state index contributed by atoms with van der Waals surface area (Å²) < 4.78 is 16.5. The molecule has 0 N–H and O–H groups in total. The number of para-hydroxylation sites is 1. The first kappa shape index (κ1) is 24.9. The Morgan fingerprint density at radius 3 is 2.55 bits per heavy atom. The molecule has 1 aliphatic carbocycles. The van der Waals surface area contributed by atoms with E-state index >= 15 is 0 Å². The molecule has 0 aromatic heterocycles. The molecule has 0 radical (unpaired) electrons. The highest BCUT2D eigenvalue weighted by Crippen LogP contribution is 2.51. The van der Waals surface area contributed by atoms with Gasteiger partial charge in [0.25, 0.3) is 0 Å². The minimum Gasteiger partial charge on any atom is -0.462 e. The summed E-state index contributed by atoms with van der Waals surface area (Å²) in [5, 5.41) is 0. The van der Waals surface area contributed by atoms with Crippen molar-refractivity contribution in [2.45, 2.75) is 65.9 Å². The van der Waals surface area contributed by atoms with Crippen molar-refractivity contribution in [2.24, 2.45) is 11.3 Å². The fourth-order valence-corrected chi connectivity index (χ4v) is 3.88. The van der Waals surface area contributed by atoms with Crippen LogP contribution >= 0.6 is 0 Å². The van der Waals surface area contributed by atoms with Gasteiger partial charge >= 0.3 is 5.97 Å². The third kappa shape index (κ3) is 9.56. The van der Waals surface area contributed by atoms with E-state index < -0.39 is 5.60 Å². The molecule has 1 aliphatic rings. The number of hydrogen-bond acceptors (Lipinski definition) is 4. The second-order valence-corrected chi connectivity index (χ2v) is 9.78. The Hall–Kier alpha value is -2.33. The van der Waals surface area contributed by atoms with Crippen LogP contribution in [0.25, 0.3) is 0 Å². The van der Waals surface area contributed by atoms with E-state index in [1.807, 2.05) is 70.2 Å². The second kappa shape index (κ2) is 11.3. The number of esters is 1. The summed E-state index contributed by atoms with van der Waals surface area (Å²) in [5.41, 5.74) is 1.04. The van der Waals surface area contributed by atoms with Crippen LogP contribution in [0.5, 0.6) is 5.75 Å². The molecule has 2 rings (SSSR count). The number of carbonyl (C=O) groups is 1. The molecular formula is C27H38O4. The third-order valence-electron chi connectivity index (χ3n) is 5.37. The number of carbonyl (C=O) groups excluding carboxylic acids is 1. The molecule has 0 spiro atoms. The molecule has 0 bridgehead atoms. The van der Waals surface area contributed by atoms with E-state index in [0.29, 0.717) is 17.9 Å². The van der Waals surface area contributed by atoms with Crippen LogP contribution in [-0.4, -0.2) is 24.8 Å². The maximum absolute atomic E-state index is 11.6. The van der Waals surface area contributed by atoms with Crippen molar-refractivity contribution in [2.75, 3.05) is 13.2 Å². The molecule has 0 saturated heterocycles. The summed E-state index contributed by atoms with van der Waals surface area (Å²) in [6.45, 7) is 14.7. The zero-order chi connectivity index (χ0) is 22.9. The molecule has 1 fully saturated rings. The predicted molar refractivity (Wildman–Crippen MR) is 126 cm³/mol. The Bertz CT molecular complexity index is 777. The highest BCUT2D eigenvalue weighted by Gasteiger charge is 2.40. The van der Waals surface area contributed by atoms with E-state index in [9.17, 15) is 4.79 Å². The van der Waals surface area contributed by atoms with Crippen LogP contribution < -0.4 is 4.74 Å². The summed E-state index contributed by atoms with van der Waals surface area (Å²) in [5.74, 6) is 1.92. The number of benzene rings is 1. The lowest BCUT2D eigenvalue weighted by Gasteiger charge is -2.46. The van der Waals surface area contributed by atoms with Gasteiger partial charge in [-0.2, -0.15) is 0 Å². The Kier molecular flexibility index (Phi) is 9.12. The lowest BCUT2D eigenvalue weighted by Crippen LogP contribution is -2.35. The standard InChI is InChI=1S/C27H38O4/c1-21(12-10-13-22(2)30-24-14-8-7-9-15-24)23-18-27(6,19-23)16-11-17-29-20-25(28)31-26(3,4)5/h7-10,12-15,23H,1,11,16-20H2,2-6H3/b12-10-,22-13+/t23-,27+. The lowest BCUT2D eigenvalue weighted by atomic mass is 9.59. The molecule has 1 saturated carbocycles. The first-order valence-electron chi connectivity index (χ1n) is 11.1. The van der Waals surface area contributed by atoms with Crippen molar-refractivity contribution < 1.29 is 19.0 Å². The summed E-state index contributed by atoms with van der Waals surface area (Å²) in [4.78, 5) is 11.6. The van der Waals surface area contributed by atoms with Crippen molar-refractivity contribution in [3.8, 4) is 5.75 Å². The van der Waals surface area contributed by atoms with Gasteiger partial charge in [0, 0.05) is 6.61 Å². The number of hydrogen-bond donors (Lipinski definition) is 0. The van der Waals surface area contributed by atoms with Gasteiger partial charge < -0.3 is 14.2 Å². The average molecular weight is 427 g/mol. The van der Waals surface area contributed by atoms with Crippen LogP contribution in [0.3, 0.4) is 0 Å². The zero-order valence-electron chi connectivity index (χ0n) is 19.8. The molecule has 0 amide bonds. The summed E-state index contributed by atoms with van der Waals surface area (Å²) >= 11 is 0. The highest BCUT2D eigenvalue weighted by molar-refractivity contribution is 5.71. The Morgan fingerprint density at radius 1 is 1.23 bits per heavy atom. The van der Waals surface area contributed by atoms with E-state index in [1.54, 1.807) is 0 Å². The van der Waals surface area contributed by atoms with E-state index in [0.717, 1.165) is 37.2 Å². The quantitative estimate of drug-likeness (QED) is 0.172. The van der Waals surface area contributed by atoms with Gasteiger partial charge in [-0.05, 0) is 82.9 Å². The average Bonchev–Trinajstić information content (AvgIpc) is 2.65. The van der Waals surface area contributed by atoms with Gasteiger partial charge in [0.2, 0.25) is 0 Å². The molecule has 4 nitrogen and oxygen atoms in total. The number of allylic oxidation sites excluding steroid dienone is 5. The van der Waals surface area contributed by atoms with Gasteiger partial charge in [-0.15, -0.1) is 0 Å². The van der Waals surface area contributed by atoms with Gasteiger partial charge in [-0.1, -0.05) is 49.4 Å². The van der Waals surface area contributed by atoms with Gasteiger partial charge in [0.05, 0.1) is 0 Å². The van der Waals surface area contributed by atoms with Crippen LogP contribution in [0.1, 0.15) is 60.3 Å². The van der Waals surface area contributed by atoms with Crippen molar-refractivity contribution >= 4 is 5.97 Å². The van der Waals surface area contributed by atoms with Crippen LogP contribution in [0.15, 0.2) is 66.5 Å². The summed E-state index contributed by atoms with van der Waals surface area (Å²) in [6, 6.07) is 9.77. The van der Waals surface area contributed by atoms with E-state index in [-0.39, 0.29) is 12.6 Å². The lowest BCUT2D eigenvalue weighted by molar-refractivity contribution is -0.160. The van der Waals surface area contributed by atoms with Gasteiger partial charge in [0.15, 0.2) is 0 Å². The van der Waals surface area contributed by atoms with E-state index in [2.05, 4.69) is 19.6 Å². The topological polar surface area (TPSA) is 44.8 Å². The fourth-order valence-electron chi connectivity index (χ4n) is 3.88. The zero-order valence-corrected chi connectivity index (χ0v) is 19.8. The smallest absolute Gasteiger partial charge is 0.332 e. The molecule has 0 atom stereocenters. The Morgan fingerprint density at radius 2 is 1.90 bits per heavy atom. The van der Waals surface area contributed by atoms with Crippen molar-refractivity contribution in [1.29, 1.82) is 0 Å². The number of rotatable bonds is 11. The first-order valence-corrected chi connectivity index (χ1v) is 11.1. The van der Waals surface area contributed by atoms with Gasteiger partial charge in [-0.3, -0.25) is 0 Å². The second-order valence-electron chi connectivity index (χ2n) is 9.78. The molecule has 0 aliphatic heterocycles. The van der Waals surface area contributed by atoms with Crippen molar-refractivity contribution in [1.82, 2.24) is 0 Å². The first-order chi connectivity index (χ1) is 14.6. The summed E-state index contributed by atoms with van der Waals surface area (Å²) in [6.07, 6.45) is 10.4. The molecule has 31 heavy (non-hydrogen) atoms. The predicted octanol–water partition coefficient (Wildman–Crippen LogP) is 6.64. The molecule has 1 aromatic rings. The van der Waals surface area contributed by atoms with Crippen molar-refractivity contribution in [3.05, 3.63) is 66.5 Å². The van der Waals surface area contributed by atoms with Crippen LogP contribution in [-0.2, 0) is 14.3 Å². The van der Waals surface area contributed by atoms with E-state index in [4.69, 9.17) is 14.2 Å². The van der Waals surface area contributed by atoms with Gasteiger partial charge in [0.1, 0.15) is 23.7 Å². The van der Waals surface area contributed by atoms with Crippen molar-refractivity contribution in [3.63, 3.8) is 0 Å². The SMILES string of the molecule is C=C(/C=C\C=C(/C)Oc1ccccc1)[C@H]1C[C@@](C)(CCCOCC(=O)OC(C)(C)C)C1. The number of ether oxygens (including phenoxy) is 3. The summed E-state index contributed by atoms with van der Waals surface area (Å²) in [7, 11) is 0. The molecule has 0 unspecified atom stereocenters. The monoisotopic (exact) mass is 426 g/mol. The van der Waals surface area contributed by atoms with Crippen LogP contribution in [0, 0.1) is 11.3 Å². The molecule has 4 heteroatoms. The molecule has 1 aromatic carbocycles. The Labute approximate surface area is 188 Å². The molecular weight excluding hydrogens is 388 g/mol. The minimum absolute atomic E-state index is 0.0269. The Balaban J connectivity index is 1.62. The maximum atomic E-state index is 11.6. The van der Waals surface area contributed by atoms with Crippen LogP contribution in [0.4, 0.5) is 0 Å². The van der Waals surface area contributed by atoms with E-state index in [1.165, 1.54) is 5.57 Å². The fraction of sp³-hybridized carbons (Fsp3) is 0.519. The maximum Gasteiger partial charge on any atom is 0.332 e. The minimum atomic E-state index is -0.463. The largest absolute Gasteiger partial charge is 0.462 e. The molecule has 170 valence electrons. The van der Waals surface area contributed by atoms with Gasteiger partial charge in [-0.25, -0.2) is 4.79 Å². The normalized spacial score (nSPS) is 21.6. The highest BCUT2D eigenvalue weighted by atomic mass is 16.6. The third-order valence-corrected chi connectivity index (χ3v) is 5.37.